The van der Waals surface area contributed by atoms with Gasteiger partial charge >= 0.3 is 0 Å². The third-order valence-electron chi connectivity index (χ3n) is 2.65. The van der Waals surface area contributed by atoms with E-state index in [1.165, 1.54) is 12.1 Å². The Morgan fingerprint density at radius 2 is 2.21 bits per heavy atom. The number of benzene rings is 1. The van der Waals surface area contributed by atoms with Gasteiger partial charge in [-0.25, -0.2) is 9.37 Å². The predicted octanol–water partition coefficient (Wildman–Crippen LogP) is 4.02. The van der Waals surface area contributed by atoms with Gasteiger partial charge in [0.2, 0.25) is 0 Å². The molecular weight excluding hydrogens is 283 g/mol. The normalized spacial score (nSPS) is 11.2. The highest BCUT2D eigenvalue weighted by Gasteiger charge is 2.07. The van der Waals surface area contributed by atoms with Crippen molar-refractivity contribution in [3.05, 3.63) is 50.7 Å². The van der Waals surface area contributed by atoms with E-state index in [2.05, 4.69) is 24.1 Å². The van der Waals surface area contributed by atoms with Crippen molar-refractivity contribution < 1.29 is 4.39 Å². The average molecular weight is 299 g/mol. The molecule has 19 heavy (non-hydrogen) atoms. The lowest BCUT2D eigenvalue weighted by atomic mass is 10.1. The summed E-state index contributed by atoms with van der Waals surface area (Å²) in [7, 11) is 0. The van der Waals surface area contributed by atoms with Crippen LogP contribution >= 0.6 is 22.9 Å². The zero-order valence-corrected chi connectivity index (χ0v) is 12.5. The number of aromatic nitrogens is 1. The third kappa shape index (κ3) is 4.27. The first kappa shape index (κ1) is 14.4. The van der Waals surface area contributed by atoms with E-state index in [4.69, 9.17) is 11.6 Å². The second-order valence-electron chi connectivity index (χ2n) is 4.68. The molecule has 0 bridgehead atoms. The molecule has 5 heteroatoms. The number of nitrogens with one attached hydrogen (secondary N) is 1. The van der Waals surface area contributed by atoms with Crippen LogP contribution in [0.3, 0.4) is 0 Å². The van der Waals surface area contributed by atoms with Gasteiger partial charge in [0.15, 0.2) is 0 Å². The van der Waals surface area contributed by atoms with Crippen molar-refractivity contribution >= 4 is 22.9 Å². The molecule has 0 radical (unpaired) electrons. The summed E-state index contributed by atoms with van der Waals surface area (Å²) < 4.78 is 13.0. The van der Waals surface area contributed by atoms with Gasteiger partial charge in [-0.15, -0.1) is 11.3 Å². The summed E-state index contributed by atoms with van der Waals surface area (Å²) in [5.41, 5.74) is 1.94. The van der Waals surface area contributed by atoms with E-state index in [-0.39, 0.29) is 5.82 Å². The van der Waals surface area contributed by atoms with Gasteiger partial charge in [0.05, 0.1) is 10.7 Å². The first-order valence-electron chi connectivity index (χ1n) is 6.15. The number of halogens is 2. The third-order valence-corrected chi connectivity index (χ3v) is 3.90. The van der Waals surface area contributed by atoms with Gasteiger partial charge in [-0.05, 0) is 17.7 Å². The number of nitrogens with zero attached hydrogens (tertiary/aromatic N) is 1. The van der Waals surface area contributed by atoms with Gasteiger partial charge in [0.25, 0.3) is 0 Å². The summed E-state index contributed by atoms with van der Waals surface area (Å²) in [5, 5.41) is 6.82. The monoisotopic (exact) mass is 298 g/mol. The molecule has 102 valence electrons. The fourth-order valence-electron chi connectivity index (χ4n) is 1.65. The molecule has 2 nitrogen and oxygen atoms in total. The highest BCUT2D eigenvalue weighted by atomic mass is 35.5. The second kappa shape index (κ2) is 6.46. The van der Waals surface area contributed by atoms with Crippen molar-refractivity contribution in [1.82, 2.24) is 10.3 Å². The van der Waals surface area contributed by atoms with Gasteiger partial charge in [-0.2, -0.15) is 0 Å². The zero-order chi connectivity index (χ0) is 13.8. The lowest BCUT2D eigenvalue weighted by Crippen LogP contribution is -2.21. The maximum atomic E-state index is 13.0. The molecule has 1 N–H and O–H groups in total. The van der Waals surface area contributed by atoms with Gasteiger partial charge in [0, 0.05) is 29.4 Å². The standard InChI is InChI=1S/C14H16ClFN2S/c1-9(2)17-7-12-8-19-14(18-12)5-10-3-4-11(16)6-13(10)15/h3-4,6,8-9,17H,5,7H2,1-2H3. The van der Waals surface area contributed by atoms with E-state index in [9.17, 15) is 4.39 Å². The minimum Gasteiger partial charge on any atom is -0.309 e. The molecule has 0 spiro atoms. The molecule has 1 heterocycles. The summed E-state index contributed by atoms with van der Waals surface area (Å²) >= 11 is 7.62. The maximum Gasteiger partial charge on any atom is 0.124 e. The van der Waals surface area contributed by atoms with E-state index in [0.29, 0.717) is 17.5 Å². The Morgan fingerprint density at radius 3 is 2.89 bits per heavy atom. The average Bonchev–Trinajstić information content (AvgIpc) is 2.78. The number of hydrogen-bond acceptors (Lipinski definition) is 3. The van der Waals surface area contributed by atoms with Crippen LogP contribution in [0.2, 0.25) is 5.02 Å². The Kier molecular flexibility index (Phi) is 4.91. The molecule has 0 unspecified atom stereocenters. The van der Waals surface area contributed by atoms with Crippen LogP contribution in [0.1, 0.15) is 30.1 Å². The Balaban J connectivity index is 2.03. The number of hydrogen-bond donors (Lipinski definition) is 1. The van der Waals surface area contributed by atoms with Crippen LogP contribution in [-0.2, 0) is 13.0 Å². The molecule has 1 aromatic heterocycles. The van der Waals surface area contributed by atoms with Crippen LogP contribution in [0.15, 0.2) is 23.6 Å². The fraction of sp³-hybridized carbons (Fsp3) is 0.357. The molecule has 2 rings (SSSR count). The topological polar surface area (TPSA) is 24.9 Å². The van der Waals surface area contributed by atoms with Crippen molar-refractivity contribution in [2.45, 2.75) is 32.9 Å². The summed E-state index contributed by atoms with van der Waals surface area (Å²) in [6.07, 6.45) is 0.644. The molecule has 0 saturated carbocycles. The van der Waals surface area contributed by atoms with Gasteiger partial charge in [0.1, 0.15) is 5.82 Å². The minimum absolute atomic E-state index is 0.310. The van der Waals surface area contributed by atoms with Crippen LogP contribution in [0.4, 0.5) is 4.39 Å². The lowest BCUT2D eigenvalue weighted by Gasteiger charge is -2.05. The maximum absolute atomic E-state index is 13.0. The molecular formula is C14H16ClFN2S. The Labute approximate surface area is 121 Å². The lowest BCUT2D eigenvalue weighted by molar-refractivity contribution is 0.582. The highest BCUT2D eigenvalue weighted by molar-refractivity contribution is 7.09. The molecule has 0 aliphatic rings. The smallest absolute Gasteiger partial charge is 0.124 e. The van der Waals surface area contributed by atoms with Crippen LogP contribution < -0.4 is 5.32 Å². The van der Waals surface area contributed by atoms with Crippen LogP contribution in [0, 0.1) is 5.82 Å². The summed E-state index contributed by atoms with van der Waals surface area (Å²) in [6.45, 7) is 4.97. The van der Waals surface area contributed by atoms with Crippen LogP contribution in [0.5, 0.6) is 0 Å². The second-order valence-corrected chi connectivity index (χ2v) is 6.03. The zero-order valence-electron chi connectivity index (χ0n) is 10.9. The van der Waals surface area contributed by atoms with E-state index in [1.54, 1.807) is 17.4 Å². The Bertz CT molecular complexity index is 554. The van der Waals surface area contributed by atoms with Gasteiger partial charge in [-0.1, -0.05) is 31.5 Å². The molecule has 0 fully saturated rings. The summed E-state index contributed by atoms with van der Waals surface area (Å²) in [5.74, 6) is -0.310. The highest BCUT2D eigenvalue weighted by Crippen LogP contribution is 2.22. The molecule has 0 atom stereocenters. The van der Waals surface area contributed by atoms with E-state index >= 15 is 0 Å². The number of rotatable bonds is 5. The molecule has 0 aliphatic heterocycles. The van der Waals surface area contributed by atoms with Gasteiger partial charge in [-0.3, -0.25) is 0 Å². The molecule has 0 saturated heterocycles. The van der Waals surface area contributed by atoms with Crippen molar-refractivity contribution in [2.75, 3.05) is 0 Å². The fourth-order valence-corrected chi connectivity index (χ4v) is 2.70. The van der Waals surface area contributed by atoms with Gasteiger partial charge < -0.3 is 5.32 Å². The van der Waals surface area contributed by atoms with Crippen molar-refractivity contribution in [2.24, 2.45) is 0 Å². The first-order chi connectivity index (χ1) is 9.04. The molecule has 1 aromatic carbocycles. The van der Waals surface area contributed by atoms with Crippen molar-refractivity contribution in [1.29, 1.82) is 0 Å². The predicted molar refractivity (Wildman–Crippen MR) is 78.3 cm³/mol. The van der Waals surface area contributed by atoms with E-state index in [1.807, 2.05) is 5.38 Å². The Morgan fingerprint density at radius 1 is 1.42 bits per heavy atom. The molecule has 2 aromatic rings. The largest absolute Gasteiger partial charge is 0.309 e. The van der Waals surface area contributed by atoms with Crippen LogP contribution in [0.25, 0.3) is 0 Å². The Hall–Kier alpha value is -0.970. The van der Waals surface area contributed by atoms with Crippen molar-refractivity contribution in [3.63, 3.8) is 0 Å². The number of thiazole rings is 1. The molecule has 0 amide bonds. The molecule has 0 aliphatic carbocycles. The summed E-state index contributed by atoms with van der Waals surface area (Å²) in [6, 6.07) is 4.92. The van der Waals surface area contributed by atoms with Crippen LogP contribution in [-0.4, -0.2) is 11.0 Å². The van der Waals surface area contributed by atoms with E-state index in [0.717, 1.165) is 22.8 Å². The SMILES string of the molecule is CC(C)NCc1csc(Cc2ccc(F)cc2Cl)n1. The van der Waals surface area contributed by atoms with Crippen molar-refractivity contribution in [3.8, 4) is 0 Å². The quantitative estimate of drug-likeness (QED) is 0.901. The first-order valence-corrected chi connectivity index (χ1v) is 7.41. The van der Waals surface area contributed by atoms with E-state index < -0.39 is 0 Å². The minimum atomic E-state index is -0.310. The summed E-state index contributed by atoms with van der Waals surface area (Å²) in [4.78, 5) is 4.54.